The third kappa shape index (κ3) is 3.34. The number of hydrogen-bond donors (Lipinski definition) is 0. The summed E-state index contributed by atoms with van der Waals surface area (Å²) in [6.07, 6.45) is 1.58. The van der Waals surface area contributed by atoms with Crippen LogP contribution >= 0.6 is 0 Å². The Morgan fingerprint density at radius 2 is 2.05 bits per heavy atom. The lowest BCUT2D eigenvalue weighted by Gasteiger charge is -2.09. The van der Waals surface area contributed by atoms with Crippen LogP contribution in [0, 0.1) is 13.8 Å². The van der Waals surface area contributed by atoms with Crippen LogP contribution in [0.2, 0.25) is 0 Å². The minimum Gasteiger partial charge on any atom is -0.493 e. The maximum absolute atomic E-state index is 5.31. The first kappa shape index (κ1) is 14.9. The van der Waals surface area contributed by atoms with E-state index in [-0.39, 0.29) is 0 Å². The molecule has 0 spiro atoms. The van der Waals surface area contributed by atoms with Gasteiger partial charge in [-0.15, -0.1) is 0 Å². The maximum atomic E-state index is 5.31. The molecule has 1 aromatic heterocycles. The average molecular weight is 290 g/mol. The van der Waals surface area contributed by atoms with Crippen LogP contribution in [0.25, 0.3) is 0 Å². The van der Waals surface area contributed by atoms with Crippen molar-refractivity contribution in [3.05, 3.63) is 40.8 Å². The Hall–Kier alpha value is -2.50. The molecule has 0 radical (unpaired) electrons. The van der Waals surface area contributed by atoms with Crippen LogP contribution in [0.5, 0.6) is 11.5 Å². The highest BCUT2D eigenvalue weighted by atomic mass is 16.6. The number of rotatable bonds is 6. The second kappa shape index (κ2) is 6.78. The number of ether oxygens (including phenoxy) is 2. The Morgan fingerprint density at radius 3 is 2.67 bits per heavy atom. The van der Waals surface area contributed by atoms with Gasteiger partial charge in [0, 0.05) is 5.56 Å². The second-order valence-electron chi connectivity index (χ2n) is 4.39. The molecule has 6 nitrogen and oxygen atoms in total. The Morgan fingerprint density at radius 1 is 1.24 bits per heavy atom. The van der Waals surface area contributed by atoms with E-state index in [0.717, 1.165) is 22.6 Å². The summed E-state index contributed by atoms with van der Waals surface area (Å²) in [6.45, 7) is 4.02. The molecule has 0 saturated heterocycles. The van der Waals surface area contributed by atoms with Gasteiger partial charge in [0.05, 0.1) is 31.7 Å². The van der Waals surface area contributed by atoms with Gasteiger partial charge in [-0.3, -0.25) is 0 Å². The van der Waals surface area contributed by atoms with E-state index in [9.17, 15) is 0 Å². The number of hydrogen-bond acceptors (Lipinski definition) is 6. The van der Waals surface area contributed by atoms with Crippen LogP contribution in [0.4, 0.5) is 0 Å². The Balaban J connectivity index is 2.05. The number of aromatic nitrogens is 1. The molecular formula is C15H18N2O4. The molecule has 0 amide bonds. The highest BCUT2D eigenvalue weighted by molar-refractivity contribution is 5.84. The van der Waals surface area contributed by atoms with E-state index in [0.29, 0.717) is 18.1 Å². The number of benzene rings is 1. The minimum absolute atomic E-state index is 0.309. The molecule has 2 aromatic rings. The van der Waals surface area contributed by atoms with E-state index in [1.807, 2.05) is 32.0 Å². The lowest BCUT2D eigenvalue weighted by molar-refractivity contribution is 0.130. The van der Waals surface area contributed by atoms with Crippen molar-refractivity contribution in [1.82, 2.24) is 5.16 Å². The van der Waals surface area contributed by atoms with Gasteiger partial charge in [0.25, 0.3) is 0 Å². The fourth-order valence-electron chi connectivity index (χ4n) is 1.92. The first-order valence-corrected chi connectivity index (χ1v) is 6.45. The van der Waals surface area contributed by atoms with Crippen LogP contribution in [0.3, 0.4) is 0 Å². The van der Waals surface area contributed by atoms with Gasteiger partial charge in [-0.2, -0.15) is 0 Å². The summed E-state index contributed by atoms with van der Waals surface area (Å²) in [4.78, 5) is 5.29. The van der Waals surface area contributed by atoms with Crippen LogP contribution in [-0.2, 0) is 11.4 Å². The molecule has 6 heteroatoms. The monoisotopic (exact) mass is 290 g/mol. The smallest absolute Gasteiger partial charge is 0.169 e. The van der Waals surface area contributed by atoms with E-state index < -0.39 is 0 Å². The number of nitrogens with zero attached hydrogens (tertiary/aromatic N) is 2. The molecule has 0 bridgehead atoms. The minimum atomic E-state index is 0.309. The summed E-state index contributed by atoms with van der Waals surface area (Å²) in [6, 6.07) is 5.54. The summed E-state index contributed by atoms with van der Waals surface area (Å²) < 4.78 is 15.6. The van der Waals surface area contributed by atoms with Crippen molar-refractivity contribution in [3.63, 3.8) is 0 Å². The molecule has 112 valence electrons. The number of oxime groups is 1. The van der Waals surface area contributed by atoms with Crippen molar-refractivity contribution in [3.8, 4) is 11.5 Å². The molecular weight excluding hydrogens is 272 g/mol. The van der Waals surface area contributed by atoms with Gasteiger partial charge in [-0.1, -0.05) is 16.4 Å². The van der Waals surface area contributed by atoms with Crippen LogP contribution in [0.15, 0.2) is 27.9 Å². The van der Waals surface area contributed by atoms with Crippen LogP contribution in [-0.4, -0.2) is 25.6 Å². The molecule has 0 aliphatic heterocycles. The largest absolute Gasteiger partial charge is 0.493 e. The zero-order chi connectivity index (χ0) is 15.2. The standard InChI is InChI=1S/C15H18N2O4/c1-10-13(11(2)21-17-10)9-20-16-8-12-6-5-7-14(18-3)15(12)19-4/h5-8H,9H2,1-4H3. The Bertz CT molecular complexity index is 615. The number of aryl methyl sites for hydroxylation is 2. The molecule has 0 N–H and O–H groups in total. The molecule has 0 unspecified atom stereocenters. The molecule has 0 saturated carbocycles. The normalized spacial score (nSPS) is 10.9. The predicted octanol–water partition coefficient (Wildman–Crippen LogP) is 2.86. The van der Waals surface area contributed by atoms with E-state index >= 15 is 0 Å². The Kier molecular flexibility index (Phi) is 4.81. The lowest BCUT2D eigenvalue weighted by atomic mass is 10.2. The maximum Gasteiger partial charge on any atom is 0.169 e. The van der Waals surface area contributed by atoms with Gasteiger partial charge in [0.1, 0.15) is 12.4 Å². The summed E-state index contributed by atoms with van der Waals surface area (Å²) in [7, 11) is 3.17. The van der Waals surface area contributed by atoms with Crippen LogP contribution in [0.1, 0.15) is 22.6 Å². The lowest BCUT2D eigenvalue weighted by Crippen LogP contribution is -1.96. The van der Waals surface area contributed by atoms with E-state index in [1.165, 1.54) is 0 Å². The summed E-state index contributed by atoms with van der Waals surface area (Å²) in [5, 5.41) is 7.81. The van der Waals surface area contributed by atoms with Gasteiger partial charge >= 0.3 is 0 Å². The summed E-state index contributed by atoms with van der Waals surface area (Å²) >= 11 is 0. The fourth-order valence-corrected chi connectivity index (χ4v) is 1.92. The molecule has 0 aliphatic rings. The van der Waals surface area contributed by atoms with Gasteiger partial charge < -0.3 is 18.8 Å². The highest BCUT2D eigenvalue weighted by Crippen LogP contribution is 2.29. The third-order valence-corrected chi connectivity index (χ3v) is 3.09. The first-order valence-electron chi connectivity index (χ1n) is 6.45. The van der Waals surface area contributed by atoms with Crippen molar-refractivity contribution >= 4 is 6.21 Å². The number of methoxy groups -OCH3 is 2. The van der Waals surface area contributed by atoms with E-state index in [1.54, 1.807) is 20.4 Å². The zero-order valence-corrected chi connectivity index (χ0v) is 12.5. The molecule has 0 fully saturated rings. The molecule has 2 rings (SSSR count). The molecule has 21 heavy (non-hydrogen) atoms. The van der Waals surface area contributed by atoms with Crippen LogP contribution < -0.4 is 9.47 Å². The first-order chi connectivity index (χ1) is 10.2. The molecule has 1 aromatic carbocycles. The van der Waals surface area contributed by atoms with E-state index in [4.69, 9.17) is 18.8 Å². The van der Waals surface area contributed by atoms with Gasteiger partial charge in [0.15, 0.2) is 11.5 Å². The SMILES string of the molecule is COc1cccc(C=NOCc2c(C)noc2C)c1OC. The zero-order valence-electron chi connectivity index (χ0n) is 12.5. The van der Waals surface area contributed by atoms with Crippen molar-refractivity contribution in [2.24, 2.45) is 5.16 Å². The van der Waals surface area contributed by atoms with Crippen molar-refractivity contribution in [1.29, 1.82) is 0 Å². The van der Waals surface area contributed by atoms with Crippen molar-refractivity contribution < 1.29 is 18.8 Å². The van der Waals surface area contributed by atoms with Gasteiger partial charge in [-0.25, -0.2) is 0 Å². The third-order valence-electron chi connectivity index (χ3n) is 3.09. The summed E-state index contributed by atoms with van der Waals surface area (Å²) in [5.41, 5.74) is 2.49. The second-order valence-corrected chi connectivity index (χ2v) is 4.39. The molecule has 1 heterocycles. The average Bonchev–Trinajstić information content (AvgIpc) is 2.82. The topological polar surface area (TPSA) is 66.1 Å². The summed E-state index contributed by atoms with van der Waals surface area (Å²) in [5.74, 6) is 2.00. The van der Waals surface area contributed by atoms with Crippen molar-refractivity contribution in [2.75, 3.05) is 14.2 Å². The van der Waals surface area contributed by atoms with E-state index in [2.05, 4.69) is 10.3 Å². The van der Waals surface area contributed by atoms with Gasteiger partial charge in [0.2, 0.25) is 0 Å². The molecule has 0 atom stereocenters. The fraction of sp³-hybridized carbons (Fsp3) is 0.333. The Labute approximate surface area is 123 Å². The predicted molar refractivity (Wildman–Crippen MR) is 77.9 cm³/mol. The highest BCUT2D eigenvalue weighted by Gasteiger charge is 2.09. The molecule has 0 aliphatic carbocycles. The van der Waals surface area contributed by atoms with Gasteiger partial charge in [-0.05, 0) is 26.0 Å². The number of para-hydroxylation sites is 1. The van der Waals surface area contributed by atoms with Crippen molar-refractivity contribution in [2.45, 2.75) is 20.5 Å². The quantitative estimate of drug-likeness (QED) is 0.604.